The second-order valence-electron chi connectivity index (χ2n) is 3.74. The first-order valence-corrected chi connectivity index (χ1v) is 6.20. The highest BCUT2D eigenvalue weighted by Crippen LogP contribution is 2.37. The Bertz CT molecular complexity index is 641. The van der Waals surface area contributed by atoms with Crippen molar-refractivity contribution in [3.63, 3.8) is 0 Å². The molecule has 0 unspecified atom stereocenters. The lowest BCUT2D eigenvalue weighted by Crippen LogP contribution is -2.10. The third-order valence-corrected chi connectivity index (χ3v) is 2.92. The number of terminal acetylenes is 1. The first-order valence-electron chi connectivity index (χ1n) is 5.41. The van der Waals surface area contributed by atoms with Crippen molar-refractivity contribution in [2.45, 2.75) is 6.18 Å². The fourth-order valence-corrected chi connectivity index (χ4v) is 1.81. The molecule has 0 bridgehead atoms. The van der Waals surface area contributed by atoms with E-state index in [-0.39, 0.29) is 6.61 Å². The molecule has 2 rings (SSSR count). The van der Waals surface area contributed by atoms with E-state index in [1.807, 2.05) is 0 Å². The van der Waals surface area contributed by atoms with Gasteiger partial charge >= 0.3 is 6.18 Å². The zero-order valence-corrected chi connectivity index (χ0v) is 11.6. The van der Waals surface area contributed by atoms with E-state index in [1.165, 1.54) is 0 Å². The largest absolute Gasteiger partial charge is 0.464 e. The molecule has 1 heterocycles. The van der Waals surface area contributed by atoms with E-state index in [1.54, 1.807) is 24.3 Å². The topological polar surface area (TPSA) is 27.1 Å². The van der Waals surface area contributed by atoms with Gasteiger partial charge in [0.1, 0.15) is 5.56 Å². The summed E-state index contributed by atoms with van der Waals surface area (Å²) in [6.45, 7) is -0.273. The van der Waals surface area contributed by atoms with Crippen LogP contribution in [-0.2, 0) is 6.18 Å². The lowest BCUT2D eigenvalue weighted by Gasteiger charge is -2.11. The van der Waals surface area contributed by atoms with Gasteiger partial charge in [-0.1, -0.05) is 21.9 Å². The van der Waals surface area contributed by atoms with Crippen molar-refractivity contribution in [3.8, 4) is 23.9 Å². The molecule has 1 aromatic carbocycles. The number of alkyl halides is 3. The van der Waals surface area contributed by atoms with Crippen molar-refractivity contribution in [3.05, 3.63) is 40.5 Å². The second kappa shape index (κ2) is 5.59. The maximum atomic E-state index is 12.9. The smallest absolute Gasteiger partial charge is 0.423 e. The van der Waals surface area contributed by atoms with Crippen LogP contribution < -0.4 is 4.74 Å². The second-order valence-corrected chi connectivity index (χ2v) is 4.66. The Kier molecular flexibility index (Phi) is 4.04. The molecule has 0 fully saturated rings. The molecular weight excluding hydrogens is 337 g/mol. The highest BCUT2D eigenvalue weighted by Gasteiger charge is 2.37. The Hall–Kier alpha value is -1.94. The SMILES string of the molecule is C#CCOc1c(C(F)(F)F)cnn1-c1ccc(Br)cc1. The fourth-order valence-electron chi connectivity index (χ4n) is 1.55. The average Bonchev–Trinajstić information content (AvgIpc) is 2.81. The first-order chi connectivity index (χ1) is 9.43. The zero-order chi connectivity index (χ0) is 14.8. The summed E-state index contributed by atoms with van der Waals surface area (Å²) in [7, 11) is 0. The molecule has 0 saturated heterocycles. The summed E-state index contributed by atoms with van der Waals surface area (Å²) in [6, 6.07) is 6.60. The number of aromatic nitrogens is 2. The van der Waals surface area contributed by atoms with Crippen LogP contribution in [0.4, 0.5) is 13.2 Å². The van der Waals surface area contributed by atoms with E-state index in [0.717, 1.165) is 9.15 Å². The Morgan fingerprint density at radius 3 is 2.50 bits per heavy atom. The maximum absolute atomic E-state index is 12.9. The number of hydrogen-bond acceptors (Lipinski definition) is 2. The number of benzene rings is 1. The molecule has 7 heteroatoms. The van der Waals surface area contributed by atoms with E-state index >= 15 is 0 Å². The summed E-state index contributed by atoms with van der Waals surface area (Å²) < 4.78 is 45.5. The Morgan fingerprint density at radius 1 is 1.30 bits per heavy atom. The van der Waals surface area contributed by atoms with Crippen molar-refractivity contribution in [2.24, 2.45) is 0 Å². The molecule has 3 nitrogen and oxygen atoms in total. The van der Waals surface area contributed by atoms with Gasteiger partial charge < -0.3 is 4.74 Å². The zero-order valence-electron chi connectivity index (χ0n) is 9.99. The molecule has 0 aliphatic carbocycles. The van der Waals surface area contributed by atoms with Gasteiger partial charge in [0.15, 0.2) is 6.61 Å². The third kappa shape index (κ3) is 2.96. The van der Waals surface area contributed by atoms with Gasteiger partial charge in [-0.05, 0) is 24.3 Å². The Morgan fingerprint density at radius 2 is 1.95 bits per heavy atom. The highest BCUT2D eigenvalue weighted by atomic mass is 79.9. The molecule has 0 saturated carbocycles. The Labute approximate surface area is 121 Å². The summed E-state index contributed by atoms with van der Waals surface area (Å²) in [5, 5.41) is 3.72. The summed E-state index contributed by atoms with van der Waals surface area (Å²) >= 11 is 3.25. The Balaban J connectivity index is 2.50. The van der Waals surface area contributed by atoms with Gasteiger partial charge in [-0.3, -0.25) is 0 Å². The summed E-state index contributed by atoms with van der Waals surface area (Å²) in [4.78, 5) is 0. The summed E-state index contributed by atoms with van der Waals surface area (Å²) in [5.74, 6) is 1.72. The highest BCUT2D eigenvalue weighted by molar-refractivity contribution is 9.10. The van der Waals surface area contributed by atoms with Gasteiger partial charge in [-0.15, -0.1) is 6.42 Å². The van der Waals surface area contributed by atoms with E-state index in [0.29, 0.717) is 11.9 Å². The molecular formula is C13H8BrF3N2O. The molecule has 0 amide bonds. The van der Waals surface area contributed by atoms with Crippen molar-refractivity contribution >= 4 is 15.9 Å². The number of hydrogen-bond donors (Lipinski definition) is 0. The normalized spacial score (nSPS) is 11.2. The minimum absolute atomic E-state index is 0.273. The molecule has 104 valence electrons. The predicted octanol–water partition coefficient (Wildman–Crippen LogP) is 3.67. The first kappa shape index (κ1) is 14.5. The predicted molar refractivity (Wildman–Crippen MR) is 70.6 cm³/mol. The minimum Gasteiger partial charge on any atom is -0.464 e. The molecule has 0 N–H and O–H groups in total. The van der Waals surface area contributed by atoms with Gasteiger partial charge in [-0.2, -0.15) is 18.3 Å². The lowest BCUT2D eigenvalue weighted by molar-refractivity contribution is -0.138. The monoisotopic (exact) mass is 344 g/mol. The van der Waals surface area contributed by atoms with Crippen LogP contribution in [0.5, 0.6) is 5.88 Å². The van der Waals surface area contributed by atoms with E-state index in [4.69, 9.17) is 11.2 Å². The molecule has 0 radical (unpaired) electrons. The minimum atomic E-state index is -4.56. The number of nitrogens with zero attached hydrogens (tertiary/aromatic N) is 2. The van der Waals surface area contributed by atoms with Crippen LogP contribution in [0.15, 0.2) is 34.9 Å². The molecule has 0 atom stereocenters. The third-order valence-electron chi connectivity index (χ3n) is 2.39. The van der Waals surface area contributed by atoms with Crippen LogP contribution in [0.1, 0.15) is 5.56 Å². The van der Waals surface area contributed by atoms with Gasteiger partial charge in [0.2, 0.25) is 5.88 Å². The molecule has 1 aromatic heterocycles. The van der Waals surface area contributed by atoms with Gasteiger partial charge in [-0.25, -0.2) is 4.68 Å². The van der Waals surface area contributed by atoms with Crippen LogP contribution in [-0.4, -0.2) is 16.4 Å². The van der Waals surface area contributed by atoms with Crippen LogP contribution in [0, 0.1) is 12.3 Å². The lowest BCUT2D eigenvalue weighted by atomic mass is 10.3. The summed E-state index contributed by atoms with van der Waals surface area (Å²) in [5.41, 5.74) is -0.522. The van der Waals surface area contributed by atoms with Crippen LogP contribution >= 0.6 is 15.9 Å². The summed E-state index contributed by atoms with van der Waals surface area (Å²) in [6.07, 6.45) is 1.18. The molecule has 2 aromatic rings. The standard InChI is InChI=1S/C13H8BrF3N2O/c1-2-7-20-12-11(13(15,16)17)8-18-19(12)10-5-3-9(14)4-6-10/h1,3-6,8H,7H2. The van der Waals surface area contributed by atoms with Crippen LogP contribution in [0.3, 0.4) is 0 Å². The van der Waals surface area contributed by atoms with E-state index in [2.05, 4.69) is 26.9 Å². The molecule has 20 heavy (non-hydrogen) atoms. The van der Waals surface area contributed by atoms with Crippen LogP contribution in [0.2, 0.25) is 0 Å². The number of rotatable bonds is 3. The van der Waals surface area contributed by atoms with E-state index < -0.39 is 17.6 Å². The van der Waals surface area contributed by atoms with Crippen molar-refractivity contribution in [2.75, 3.05) is 6.61 Å². The molecule has 0 aliphatic heterocycles. The van der Waals surface area contributed by atoms with Gasteiger partial charge in [0.05, 0.1) is 11.9 Å². The van der Waals surface area contributed by atoms with Crippen molar-refractivity contribution in [1.29, 1.82) is 0 Å². The molecule has 0 aliphatic rings. The van der Waals surface area contributed by atoms with Crippen molar-refractivity contribution < 1.29 is 17.9 Å². The van der Waals surface area contributed by atoms with E-state index in [9.17, 15) is 13.2 Å². The quantitative estimate of drug-likeness (QED) is 0.794. The van der Waals surface area contributed by atoms with Crippen molar-refractivity contribution in [1.82, 2.24) is 9.78 Å². The maximum Gasteiger partial charge on any atom is 0.423 e. The number of ether oxygens (including phenoxy) is 1. The van der Waals surface area contributed by atoms with Gasteiger partial charge in [0, 0.05) is 4.47 Å². The fraction of sp³-hybridized carbons (Fsp3) is 0.154. The average molecular weight is 345 g/mol. The molecule has 0 spiro atoms. The van der Waals surface area contributed by atoms with Crippen LogP contribution in [0.25, 0.3) is 5.69 Å². The number of halogens is 4. The van der Waals surface area contributed by atoms with Gasteiger partial charge in [0.25, 0.3) is 0 Å².